The normalized spacial score (nSPS) is 15.8. The van der Waals surface area contributed by atoms with E-state index in [1.165, 1.54) is 12.1 Å². The molecule has 0 radical (unpaired) electrons. The molecule has 0 spiro atoms. The van der Waals surface area contributed by atoms with E-state index in [2.05, 4.69) is 23.2 Å². The van der Waals surface area contributed by atoms with Crippen molar-refractivity contribution < 1.29 is 19.0 Å². The van der Waals surface area contributed by atoms with E-state index in [9.17, 15) is 14.3 Å². The van der Waals surface area contributed by atoms with Crippen LogP contribution in [-0.2, 0) is 11.4 Å². The van der Waals surface area contributed by atoms with E-state index < -0.39 is 11.9 Å². The fourth-order valence-corrected chi connectivity index (χ4v) is 5.52. The lowest BCUT2D eigenvalue weighted by molar-refractivity contribution is -0.140. The summed E-state index contributed by atoms with van der Waals surface area (Å²) < 4.78 is 19.7. The zero-order valence-electron chi connectivity index (χ0n) is 19.1. The number of benzene rings is 3. The van der Waals surface area contributed by atoms with E-state index in [4.69, 9.17) is 4.74 Å². The predicted octanol–water partition coefficient (Wildman–Crippen LogP) is 6.98. The van der Waals surface area contributed by atoms with Gasteiger partial charge in [0.15, 0.2) is 0 Å². The Bertz CT molecular complexity index is 1430. The number of carbonyl (C=O) groups is 1. The van der Waals surface area contributed by atoms with E-state index in [1.807, 2.05) is 48.6 Å². The van der Waals surface area contributed by atoms with Gasteiger partial charge in [-0.3, -0.25) is 4.79 Å². The summed E-state index contributed by atoms with van der Waals surface area (Å²) in [6, 6.07) is 22.6. The largest absolute Gasteiger partial charge is 0.489 e. The van der Waals surface area contributed by atoms with E-state index in [-0.39, 0.29) is 11.1 Å². The Morgan fingerprint density at radius 1 is 1.11 bits per heavy atom. The molecule has 176 valence electrons. The minimum Gasteiger partial charge on any atom is -0.489 e. The first kappa shape index (κ1) is 23.1. The predicted molar refractivity (Wildman–Crippen MR) is 139 cm³/mol. The highest BCUT2D eigenvalue weighted by Crippen LogP contribution is 2.45. The quantitative estimate of drug-likeness (QED) is 0.319. The third-order valence-corrected chi connectivity index (χ3v) is 7.63. The van der Waals surface area contributed by atoms with Crippen LogP contribution in [-0.4, -0.2) is 21.8 Å². The molecule has 1 unspecified atom stereocenters. The molecule has 4 nitrogen and oxygen atoms in total. The maximum absolute atomic E-state index is 13.6. The minimum absolute atomic E-state index is 0.0411. The maximum atomic E-state index is 13.6. The van der Waals surface area contributed by atoms with Crippen molar-refractivity contribution in [2.75, 3.05) is 5.75 Å². The van der Waals surface area contributed by atoms with Crippen LogP contribution < -0.4 is 4.74 Å². The third-order valence-electron chi connectivity index (χ3n) is 6.09. The van der Waals surface area contributed by atoms with E-state index in [0.29, 0.717) is 17.9 Å². The van der Waals surface area contributed by atoms with Gasteiger partial charge in [-0.2, -0.15) is 0 Å². The highest BCUT2D eigenvalue weighted by molar-refractivity contribution is 7.99. The van der Waals surface area contributed by atoms with Crippen LogP contribution in [0.15, 0.2) is 72.8 Å². The van der Waals surface area contributed by atoms with Gasteiger partial charge in [-0.15, -0.1) is 11.8 Å². The molecular weight excluding hydrogens is 461 g/mol. The standard InChI is InChI=1S/C29H24FNO3S/c1-18(29(32)33)17-35-28-24-5-3-2-4-21(24)16-34-27-13-7-19(14-25(27)28)6-11-23-12-9-20-8-10-22(30)15-26(20)31-23/h2-15,18,28H,16-17H2,1H3,(H,32,33)/b11-6+/t18-,28?/m0/s1. The van der Waals surface area contributed by atoms with Gasteiger partial charge in [-0.25, -0.2) is 9.37 Å². The number of rotatable bonds is 6. The summed E-state index contributed by atoms with van der Waals surface area (Å²) >= 11 is 1.63. The number of carboxylic acid groups (broad SMARTS) is 1. The Morgan fingerprint density at radius 2 is 1.94 bits per heavy atom. The molecule has 0 saturated heterocycles. The Labute approximate surface area is 207 Å². The van der Waals surface area contributed by atoms with Gasteiger partial charge in [0.2, 0.25) is 0 Å². The van der Waals surface area contributed by atoms with Crippen molar-refractivity contribution in [3.63, 3.8) is 0 Å². The summed E-state index contributed by atoms with van der Waals surface area (Å²) in [5, 5.41) is 10.2. The monoisotopic (exact) mass is 485 g/mol. The zero-order valence-corrected chi connectivity index (χ0v) is 20.0. The summed E-state index contributed by atoms with van der Waals surface area (Å²) in [5.74, 6) is -0.260. The Kier molecular flexibility index (Phi) is 6.55. The highest BCUT2D eigenvalue weighted by Gasteiger charge is 2.26. The van der Waals surface area contributed by atoms with E-state index >= 15 is 0 Å². The number of hydrogen-bond acceptors (Lipinski definition) is 4. The molecule has 5 rings (SSSR count). The van der Waals surface area contributed by atoms with Gasteiger partial charge < -0.3 is 9.84 Å². The van der Waals surface area contributed by atoms with Gasteiger partial charge in [0, 0.05) is 22.8 Å². The SMILES string of the molecule is C[C@@H](CSC1c2ccccc2COc2ccc(/C=C/c3ccc4ccc(F)cc4n3)cc21)C(=O)O. The van der Waals surface area contributed by atoms with Crippen LogP contribution in [0.2, 0.25) is 0 Å². The molecule has 0 saturated carbocycles. The molecule has 6 heteroatoms. The Hall–Kier alpha value is -3.64. The van der Waals surface area contributed by atoms with Gasteiger partial charge in [0.05, 0.1) is 22.4 Å². The second-order valence-electron chi connectivity index (χ2n) is 8.64. The fraction of sp³-hybridized carbons (Fsp3) is 0.172. The smallest absolute Gasteiger partial charge is 0.307 e. The van der Waals surface area contributed by atoms with Crippen molar-refractivity contribution >= 4 is 40.8 Å². The number of pyridine rings is 1. The molecule has 0 bridgehead atoms. The number of nitrogens with zero attached hydrogens (tertiary/aromatic N) is 1. The number of halogens is 1. The first-order valence-electron chi connectivity index (χ1n) is 11.4. The van der Waals surface area contributed by atoms with Crippen LogP contribution >= 0.6 is 11.8 Å². The summed E-state index contributed by atoms with van der Waals surface area (Å²) in [6.07, 6.45) is 3.89. The van der Waals surface area contributed by atoms with Gasteiger partial charge in [0.1, 0.15) is 18.2 Å². The van der Waals surface area contributed by atoms with Crippen molar-refractivity contribution in [3.8, 4) is 5.75 Å². The molecule has 1 N–H and O–H groups in total. The molecule has 2 heterocycles. The molecule has 0 fully saturated rings. The minimum atomic E-state index is -0.796. The highest BCUT2D eigenvalue weighted by atomic mass is 32.2. The number of ether oxygens (including phenoxy) is 1. The average Bonchev–Trinajstić information content (AvgIpc) is 3.02. The molecule has 4 aromatic rings. The molecule has 1 aromatic heterocycles. The maximum Gasteiger partial charge on any atom is 0.307 e. The third kappa shape index (κ3) is 5.08. The first-order chi connectivity index (χ1) is 17.0. The van der Waals surface area contributed by atoms with Crippen LogP contribution in [0.4, 0.5) is 4.39 Å². The van der Waals surface area contributed by atoms with Crippen LogP contribution in [0.25, 0.3) is 23.1 Å². The molecule has 0 aliphatic carbocycles. The molecule has 3 aromatic carbocycles. The molecule has 1 aliphatic rings. The summed E-state index contributed by atoms with van der Waals surface area (Å²) in [4.78, 5) is 16.0. The molecule has 2 atom stereocenters. The van der Waals surface area contributed by atoms with E-state index in [0.717, 1.165) is 39.1 Å². The second kappa shape index (κ2) is 9.92. The van der Waals surface area contributed by atoms with Gasteiger partial charge in [-0.1, -0.05) is 49.4 Å². The molecular formula is C29H24FNO3S. The van der Waals surface area contributed by atoms with Crippen molar-refractivity contribution in [3.05, 3.63) is 107 Å². The molecule has 1 aliphatic heterocycles. The number of thioether (sulfide) groups is 1. The van der Waals surface area contributed by atoms with Crippen LogP contribution in [0.3, 0.4) is 0 Å². The molecule has 0 amide bonds. The zero-order chi connectivity index (χ0) is 24.4. The van der Waals surface area contributed by atoms with Gasteiger partial charge in [-0.05, 0) is 53.1 Å². The number of hydrogen-bond donors (Lipinski definition) is 1. The van der Waals surface area contributed by atoms with Crippen LogP contribution in [0, 0.1) is 11.7 Å². The lowest BCUT2D eigenvalue weighted by Crippen LogP contribution is -2.13. The Morgan fingerprint density at radius 3 is 2.80 bits per heavy atom. The van der Waals surface area contributed by atoms with Gasteiger partial charge >= 0.3 is 5.97 Å². The molecule has 35 heavy (non-hydrogen) atoms. The second-order valence-corrected chi connectivity index (χ2v) is 9.78. The lowest BCUT2D eigenvalue weighted by Gasteiger charge is -2.20. The fourth-order valence-electron chi connectivity index (χ4n) is 4.12. The van der Waals surface area contributed by atoms with Gasteiger partial charge in [0.25, 0.3) is 0 Å². The first-order valence-corrected chi connectivity index (χ1v) is 12.5. The summed E-state index contributed by atoms with van der Waals surface area (Å²) in [6.45, 7) is 2.21. The Balaban J connectivity index is 1.48. The van der Waals surface area contributed by atoms with Crippen LogP contribution in [0.5, 0.6) is 5.75 Å². The van der Waals surface area contributed by atoms with Crippen molar-refractivity contribution in [2.24, 2.45) is 5.92 Å². The number of aliphatic carboxylic acids is 1. The summed E-state index contributed by atoms with van der Waals surface area (Å²) in [7, 11) is 0. The van der Waals surface area contributed by atoms with E-state index in [1.54, 1.807) is 24.8 Å². The van der Waals surface area contributed by atoms with Crippen molar-refractivity contribution in [2.45, 2.75) is 18.8 Å². The average molecular weight is 486 g/mol. The topological polar surface area (TPSA) is 59.4 Å². The number of fused-ring (bicyclic) bond motifs is 3. The van der Waals surface area contributed by atoms with Crippen molar-refractivity contribution in [1.29, 1.82) is 0 Å². The van der Waals surface area contributed by atoms with Crippen LogP contribution in [0.1, 0.15) is 40.1 Å². The number of carboxylic acids is 1. The van der Waals surface area contributed by atoms with Crippen molar-refractivity contribution in [1.82, 2.24) is 4.98 Å². The summed E-state index contributed by atoms with van der Waals surface area (Å²) in [5.41, 5.74) is 5.60. The number of aromatic nitrogens is 1. The lowest BCUT2D eigenvalue weighted by atomic mass is 9.98.